The van der Waals surface area contributed by atoms with Crippen molar-refractivity contribution in [2.75, 3.05) is 7.05 Å². The van der Waals surface area contributed by atoms with Gasteiger partial charge in [-0.15, -0.1) is 0 Å². The molecule has 5 nitrogen and oxygen atoms in total. The standard InChI is InChI=1S/C22H26N2O3S/c1-15-10-13-18(28(26,27)23-17-11-12-17)14-20(15)22(25)24(2)21-9-5-7-16-6-3-4-8-19(16)21/h3-4,6,8,10,13-14,17,21,23H,5,7,9,11-12H2,1-2H3/t21-/m1/s1. The molecule has 2 aromatic carbocycles. The predicted octanol–water partition coefficient (Wildman–Crippen LogP) is 3.59. The number of aryl methyl sites for hydroxylation is 2. The van der Waals surface area contributed by atoms with Gasteiger partial charge >= 0.3 is 0 Å². The largest absolute Gasteiger partial charge is 0.335 e. The van der Waals surface area contributed by atoms with E-state index < -0.39 is 10.0 Å². The van der Waals surface area contributed by atoms with Crippen LogP contribution in [-0.2, 0) is 16.4 Å². The summed E-state index contributed by atoms with van der Waals surface area (Å²) in [6, 6.07) is 13.1. The number of benzene rings is 2. The lowest BCUT2D eigenvalue weighted by molar-refractivity contribution is 0.0714. The highest BCUT2D eigenvalue weighted by molar-refractivity contribution is 7.89. The van der Waals surface area contributed by atoms with Crippen LogP contribution in [-0.4, -0.2) is 32.3 Å². The number of sulfonamides is 1. The molecule has 4 rings (SSSR count). The number of fused-ring (bicyclic) bond motifs is 1. The second kappa shape index (κ2) is 7.33. The van der Waals surface area contributed by atoms with E-state index in [9.17, 15) is 13.2 Å². The first-order valence-electron chi connectivity index (χ1n) is 9.85. The van der Waals surface area contributed by atoms with Crippen molar-refractivity contribution in [2.24, 2.45) is 0 Å². The molecule has 2 aliphatic rings. The lowest BCUT2D eigenvalue weighted by atomic mass is 9.86. The number of hydrogen-bond acceptors (Lipinski definition) is 3. The zero-order valence-electron chi connectivity index (χ0n) is 16.3. The highest BCUT2D eigenvalue weighted by atomic mass is 32.2. The molecule has 2 aromatic rings. The molecule has 0 bridgehead atoms. The van der Waals surface area contributed by atoms with Crippen LogP contribution in [0, 0.1) is 6.92 Å². The van der Waals surface area contributed by atoms with Crippen molar-refractivity contribution in [3.05, 3.63) is 64.7 Å². The Morgan fingerprint density at radius 3 is 2.61 bits per heavy atom. The third-order valence-corrected chi connectivity index (χ3v) is 7.29. The van der Waals surface area contributed by atoms with Crippen molar-refractivity contribution in [3.8, 4) is 0 Å². The van der Waals surface area contributed by atoms with Gasteiger partial charge in [-0.3, -0.25) is 4.79 Å². The normalized spacial score (nSPS) is 19.1. The molecule has 0 unspecified atom stereocenters. The molecule has 0 aliphatic heterocycles. The third-order valence-electron chi connectivity index (χ3n) is 5.77. The maximum absolute atomic E-state index is 13.3. The highest BCUT2D eigenvalue weighted by Crippen LogP contribution is 2.34. The Kier molecular flexibility index (Phi) is 5.02. The minimum absolute atomic E-state index is 0.0155. The quantitative estimate of drug-likeness (QED) is 0.837. The molecule has 1 N–H and O–H groups in total. The summed E-state index contributed by atoms with van der Waals surface area (Å²) >= 11 is 0. The van der Waals surface area contributed by atoms with E-state index in [1.807, 2.05) is 26.1 Å². The number of rotatable bonds is 5. The predicted molar refractivity (Wildman–Crippen MR) is 109 cm³/mol. The molecule has 0 spiro atoms. The molecular weight excluding hydrogens is 372 g/mol. The molecule has 1 amide bonds. The van der Waals surface area contributed by atoms with Gasteiger partial charge in [-0.1, -0.05) is 30.3 Å². The van der Waals surface area contributed by atoms with E-state index in [1.54, 1.807) is 17.0 Å². The molecule has 2 aliphatic carbocycles. The van der Waals surface area contributed by atoms with E-state index in [4.69, 9.17) is 0 Å². The molecule has 0 radical (unpaired) electrons. The lowest BCUT2D eigenvalue weighted by Crippen LogP contribution is -2.34. The molecule has 148 valence electrons. The van der Waals surface area contributed by atoms with Gasteiger partial charge in [-0.2, -0.15) is 0 Å². The van der Waals surface area contributed by atoms with Gasteiger partial charge < -0.3 is 4.90 Å². The first kappa shape index (κ1) is 19.2. The Morgan fingerprint density at radius 1 is 1.11 bits per heavy atom. The molecule has 6 heteroatoms. The summed E-state index contributed by atoms with van der Waals surface area (Å²) in [5.74, 6) is -0.136. The SMILES string of the molecule is Cc1ccc(S(=O)(=O)NC2CC2)cc1C(=O)N(C)[C@@H]1CCCc2ccccc21. The summed E-state index contributed by atoms with van der Waals surface area (Å²) in [6.45, 7) is 1.85. The van der Waals surface area contributed by atoms with Crippen LogP contribution in [0.1, 0.15) is 58.8 Å². The van der Waals surface area contributed by atoms with E-state index in [0.717, 1.165) is 37.7 Å². The first-order valence-corrected chi connectivity index (χ1v) is 11.3. The Balaban J connectivity index is 1.64. The summed E-state index contributed by atoms with van der Waals surface area (Å²) in [5, 5.41) is 0. The Morgan fingerprint density at radius 2 is 1.86 bits per heavy atom. The number of carbonyl (C=O) groups is 1. The second-order valence-corrected chi connectivity index (χ2v) is 9.61. The van der Waals surface area contributed by atoms with E-state index in [1.165, 1.54) is 17.2 Å². The third kappa shape index (κ3) is 3.71. The van der Waals surface area contributed by atoms with Crippen LogP contribution in [0.4, 0.5) is 0 Å². The highest BCUT2D eigenvalue weighted by Gasteiger charge is 2.30. The van der Waals surface area contributed by atoms with Crippen molar-refractivity contribution in [1.29, 1.82) is 0 Å². The minimum atomic E-state index is -3.59. The fraction of sp³-hybridized carbons (Fsp3) is 0.409. The average molecular weight is 399 g/mol. The second-order valence-electron chi connectivity index (χ2n) is 7.90. The van der Waals surface area contributed by atoms with Crippen LogP contribution in [0.5, 0.6) is 0 Å². The van der Waals surface area contributed by atoms with Crippen LogP contribution in [0.15, 0.2) is 47.4 Å². The van der Waals surface area contributed by atoms with Crippen LogP contribution >= 0.6 is 0 Å². The van der Waals surface area contributed by atoms with Crippen molar-refractivity contribution in [3.63, 3.8) is 0 Å². The maximum Gasteiger partial charge on any atom is 0.254 e. The average Bonchev–Trinajstić information content (AvgIpc) is 3.50. The van der Waals surface area contributed by atoms with Crippen molar-refractivity contribution < 1.29 is 13.2 Å². The van der Waals surface area contributed by atoms with Crippen LogP contribution in [0.25, 0.3) is 0 Å². The van der Waals surface area contributed by atoms with Gasteiger partial charge in [-0.05, 0) is 67.9 Å². The minimum Gasteiger partial charge on any atom is -0.335 e. The number of nitrogens with one attached hydrogen (secondary N) is 1. The molecule has 1 saturated carbocycles. The van der Waals surface area contributed by atoms with Gasteiger partial charge in [0.2, 0.25) is 10.0 Å². The summed E-state index contributed by atoms with van der Waals surface area (Å²) in [7, 11) is -1.77. The van der Waals surface area contributed by atoms with Gasteiger partial charge in [0.15, 0.2) is 0 Å². The molecular formula is C22H26N2O3S. The van der Waals surface area contributed by atoms with Crippen LogP contribution in [0.3, 0.4) is 0 Å². The number of nitrogens with zero attached hydrogens (tertiary/aromatic N) is 1. The zero-order chi connectivity index (χ0) is 19.9. The topological polar surface area (TPSA) is 66.5 Å². The lowest BCUT2D eigenvalue weighted by Gasteiger charge is -2.33. The smallest absolute Gasteiger partial charge is 0.254 e. The Labute approximate surface area is 166 Å². The molecule has 0 aromatic heterocycles. The molecule has 28 heavy (non-hydrogen) atoms. The zero-order valence-corrected chi connectivity index (χ0v) is 17.1. The summed E-state index contributed by atoms with van der Waals surface area (Å²) in [6.07, 6.45) is 4.74. The van der Waals surface area contributed by atoms with E-state index in [0.29, 0.717) is 5.56 Å². The Hall–Kier alpha value is -2.18. The van der Waals surface area contributed by atoms with Gasteiger partial charge in [0.25, 0.3) is 5.91 Å². The number of hydrogen-bond donors (Lipinski definition) is 1. The van der Waals surface area contributed by atoms with Gasteiger partial charge in [-0.25, -0.2) is 13.1 Å². The summed E-state index contributed by atoms with van der Waals surface area (Å²) < 4.78 is 27.8. The number of carbonyl (C=O) groups excluding carboxylic acids is 1. The van der Waals surface area contributed by atoms with Gasteiger partial charge in [0.05, 0.1) is 10.9 Å². The fourth-order valence-electron chi connectivity index (χ4n) is 3.95. The first-order chi connectivity index (χ1) is 13.4. The molecule has 0 heterocycles. The monoisotopic (exact) mass is 398 g/mol. The maximum atomic E-state index is 13.3. The van der Waals surface area contributed by atoms with Crippen LogP contribution < -0.4 is 4.72 Å². The summed E-state index contributed by atoms with van der Waals surface area (Å²) in [5.41, 5.74) is 3.72. The van der Waals surface area contributed by atoms with E-state index in [2.05, 4.69) is 16.9 Å². The van der Waals surface area contributed by atoms with Crippen molar-refractivity contribution in [2.45, 2.75) is 56.0 Å². The number of amides is 1. The van der Waals surface area contributed by atoms with Gasteiger partial charge in [0.1, 0.15) is 0 Å². The molecule has 0 saturated heterocycles. The van der Waals surface area contributed by atoms with Gasteiger partial charge in [0, 0.05) is 18.7 Å². The van der Waals surface area contributed by atoms with Crippen molar-refractivity contribution >= 4 is 15.9 Å². The fourth-order valence-corrected chi connectivity index (χ4v) is 5.28. The summed E-state index contributed by atoms with van der Waals surface area (Å²) in [4.78, 5) is 15.2. The molecule has 1 fully saturated rings. The molecule has 1 atom stereocenters. The van der Waals surface area contributed by atoms with Crippen molar-refractivity contribution in [1.82, 2.24) is 9.62 Å². The van der Waals surface area contributed by atoms with Crippen LogP contribution in [0.2, 0.25) is 0 Å². The van der Waals surface area contributed by atoms with E-state index >= 15 is 0 Å². The van der Waals surface area contributed by atoms with E-state index in [-0.39, 0.29) is 22.9 Å². The Bertz CT molecular complexity index is 1010.